The monoisotopic (exact) mass is 439 g/mol. The van der Waals surface area contributed by atoms with Gasteiger partial charge in [0, 0.05) is 17.8 Å². The summed E-state index contributed by atoms with van der Waals surface area (Å²) < 4.78 is 14.9. The van der Waals surface area contributed by atoms with E-state index < -0.39 is 0 Å². The topological polar surface area (TPSA) is 83.9 Å². The van der Waals surface area contributed by atoms with Crippen LogP contribution in [0.3, 0.4) is 0 Å². The number of rotatable bonds is 6. The fraction of sp³-hybridized carbons (Fsp3) is 0.182. The van der Waals surface area contributed by atoms with Gasteiger partial charge in [0.05, 0.1) is 23.1 Å². The average molecular weight is 440 g/mol. The molecule has 0 aliphatic carbocycles. The van der Waals surface area contributed by atoms with Gasteiger partial charge in [0.1, 0.15) is 11.6 Å². The van der Waals surface area contributed by atoms with E-state index in [0.717, 1.165) is 0 Å². The number of hydrogen-bond acceptors (Lipinski definition) is 4. The summed E-state index contributed by atoms with van der Waals surface area (Å²) in [4.78, 5) is 34.2. The van der Waals surface area contributed by atoms with Crippen LogP contribution in [0, 0.1) is 5.82 Å². The number of carbonyl (C=O) groups excluding carboxylic acids is 1. The lowest BCUT2D eigenvalue weighted by Crippen LogP contribution is -2.33. The van der Waals surface area contributed by atoms with E-state index in [0.29, 0.717) is 40.4 Å². The fourth-order valence-electron chi connectivity index (χ4n) is 3.30. The molecule has 4 rings (SSSR count). The Kier molecular flexibility index (Phi) is 5.81. The summed E-state index contributed by atoms with van der Waals surface area (Å²) >= 11 is 6.02. The number of hydrogen-bond donors (Lipinski definition) is 1. The van der Waals surface area contributed by atoms with Crippen molar-refractivity contribution in [2.45, 2.75) is 19.9 Å². The van der Waals surface area contributed by atoms with E-state index >= 15 is 0 Å². The fourth-order valence-corrected chi connectivity index (χ4v) is 3.47. The first-order valence-electron chi connectivity index (χ1n) is 9.74. The summed E-state index contributed by atoms with van der Waals surface area (Å²) in [5.74, 6) is -0.350. The minimum absolute atomic E-state index is 0.108. The Bertz CT molecular complexity index is 1320. The second kappa shape index (κ2) is 8.69. The number of halogens is 2. The van der Waals surface area contributed by atoms with E-state index in [-0.39, 0.29) is 29.5 Å². The standard InChI is InChI=1S/C22H19ClFN5O2/c1-2-9-28(13-20-25-19-11-14(23)6-7-17(19)21(30)26-20)22(31)18-8-10-29(27-18)16-5-3-4-15(24)12-16/h3-8,10-12H,2,9,13H2,1H3,(H,25,26,30). The average Bonchev–Trinajstić information content (AvgIpc) is 3.23. The van der Waals surface area contributed by atoms with Gasteiger partial charge in [0.2, 0.25) is 0 Å². The van der Waals surface area contributed by atoms with Crippen molar-refractivity contribution in [1.82, 2.24) is 24.6 Å². The Morgan fingerprint density at radius 3 is 2.84 bits per heavy atom. The maximum atomic E-state index is 13.5. The van der Waals surface area contributed by atoms with Gasteiger partial charge in [0.15, 0.2) is 5.69 Å². The predicted octanol–water partition coefficient (Wildman–Crippen LogP) is 3.95. The first-order valence-corrected chi connectivity index (χ1v) is 10.1. The van der Waals surface area contributed by atoms with Gasteiger partial charge in [-0.2, -0.15) is 5.10 Å². The first kappa shape index (κ1) is 20.7. The molecule has 9 heteroatoms. The molecular formula is C22H19ClFN5O2. The lowest BCUT2D eigenvalue weighted by Gasteiger charge is -2.20. The number of carbonyl (C=O) groups is 1. The molecule has 158 valence electrons. The van der Waals surface area contributed by atoms with Gasteiger partial charge in [-0.15, -0.1) is 0 Å². The van der Waals surface area contributed by atoms with Crippen LogP contribution in [0.4, 0.5) is 4.39 Å². The van der Waals surface area contributed by atoms with Crippen LogP contribution in [0.2, 0.25) is 5.02 Å². The molecule has 0 bridgehead atoms. The third-order valence-corrected chi connectivity index (χ3v) is 4.96. The normalized spacial score (nSPS) is 11.1. The van der Waals surface area contributed by atoms with E-state index in [1.807, 2.05) is 6.92 Å². The van der Waals surface area contributed by atoms with Gasteiger partial charge in [0.25, 0.3) is 11.5 Å². The largest absolute Gasteiger partial charge is 0.330 e. The van der Waals surface area contributed by atoms with Gasteiger partial charge < -0.3 is 9.88 Å². The Labute approximate surface area is 182 Å². The Morgan fingerprint density at radius 1 is 1.23 bits per heavy atom. The quantitative estimate of drug-likeness (QED) is 0.493. The SMILES string of the molecule is CCCN(Cc1nc2cc(Cl)ccc2c(=O)[nH]1)C(=O)c1ccn(-c2cccc(F)c2)n1. The predicted molar refractivity (Wildman–Crippen MR) is 116 cm³/mol. The molecule has 0 saturated heterocycles. The molecule has 1 amide bonds. The van der Waals surface area contributed by atoms with E-state index in [4.69, 9.17) is 11.6 Å². The Balaban J connectivity index is 1.61. The van der Waals surface area contributed by atoms with Crippen molar-refractivity contribution >= 4 is 28.4 Å². The number of H-pyrrole nitrogens is 1. The molecule has 31 heavy (non-hydrogen) atoms. The maximum Gasteiger partial charge on any atom is 0.274 e. The minimum atomic E-state index is -0.389. The number of aromatic nitrogens is 4. The van der Waals surface area contributed by atoms with Crippen LogP contribution in [0.1, 0.15) is 29.7 Å². The number of aromatic amines is 1. The molecular weight excluding hydrogens is 421 g/mol. The minimum Gasteiger partial charge on any atom is -0.330 e. The zero-order valence-corrected chi connectivity index (χ0v) is 17.4. The number of nitrogens with one attached hydrogen (secondary N) is 1. The molecule has 2 heterocycles. The van der Waals surface area contributed by atoms with Crippen molar-refractivity contribution in [1.29, 1.82) is 0 Å². The smallest absolute Gasteiger partial charge is 0.274 e. The van der Waals surface area contributed by atoms with Gasteiger partial charge in [-0.3, -0.25) is 9.59 Å². The third kappa shape index (κ3) is 4.49. The Hall–Kier alpha value is -3.52. The molecule has 4 aromatic rings. The molecule has 2 aromatic heterocycles. The summed E-state index contributed by atoms with van der Waals surface area (Å²) in [5.41, 5.74) is 0.892. The van der Waals surface area contributed by atoms with Gasteiger partial charge in [-0.05, 0) is 48.9 Å². The van der Waals surface area contributed by atoms with E-state index in [2.05, 4.69) is 15.1 Å². The lowest BCUT2D eigenvalue weighted by atomic mass is 10.2. The number of fused-ring (bicyclic) bond motifs is 1. The lowest BCUT2D eigenvalue weighted by molar-refractivity contribution is 0.0732. The van der Waals surface area contributed by atoms with Crippen LogP contribution < -0.4 is 5.56 Å². The first-order chi connectivity index (χ1) is 14.9. The van der Waals surface area contributed by atoms with Crippen molar-refractivity contribution < 1.29 is 9.18 Å². The van der Waals surface area contributed by atoms with Crippen molar-refractivity contribution in [3.63, 3.8) is 0 Å². The molecule has 0 unspecified atom stereocenters. The maximum absolute atomic E-state index is 13.5. The highest BCUT2D eigenvalue weighted by atomic mass is 35.5. The molecule has 0 spiro atoms. The highest BCUT2D eigenvalue weighted by molar-refractivity contribution is 6.31. The van der Waals surface area contributed by atoms with Crippen molar-refractivity contribution in [2.75, 3.05) is 6.54 Å². The zero-order valence-electron chi connectivity index (χ0n) is 16.7. The van der Waals surface area contributed by atoms with Crippen molar-refractivity contribution in [3.05, 3.63) is 87.4 Å². The Morgan fingerprint density at radius 2 is 2.06 bits per heavy atom. The second-order valence-corrected chi connectivity index (χ2v) is 7.46. The van der Waals surface area contributed by atoms with Crippen molar-refractivity contribution in [2.24, 2.45) is 0 Å². The number of amides is 1. The summed E-state index contributed by atoms with van der Waals surface area (Å²) in [6.07, 6.45) is 2.31. The molecule has 0 fully saturated rings. The van der Waals surface area contributed by atoms with Gasteiger partial charge >= 0.3 is 0 Å². The molecule has 0 aliphatic rings. The highest BCUT2D eigenvalue weighted by Gasteiger charge is 2.20. The summed E-state index contributed by atoms with van der Waals surface area (Å²) in [6.45, 7) is 2.50. The number of nitrogens with zero attached hydrogens (tertiary/aromatic N) is 4. The molecule has 7 nitrogen and oxygen atoms in total. The molecule has 1 N–H and O–H groups in total. The highest BCUT2D eigenvalue weighted by Crippen LogP contribution is 2.16. The third-order valence-electron chi connectivity index (χ3n) is 4.72. The molecule has 0 saturated carbocycles. The summed E-state index contributed by atoms with van der Waals surface area (Å²) in [7, 11) is 0. The van der Waals surface area contributed by atoms with Crippen molar-refractivity contribution in [3.8, 4) is 5.69 Å². The summed E-state index contributed by atoms with van der Waals surface area (Å²) in [6, 6.07) is 12.4. The summed E-state index contributed by atoms with van der Waals surface area (Å²) in [5, 5.41) is 5.19. The van der Waals surface area contributed by atoms with Gasteiger partial charge in [-0.1, -0.05) is 24.6 Å². The van der Waals surface area contributed by atoms with Crippen LogP contribution in [0.15, 0.2) is 59.5 Å². The van der Waals surface area contributed by atoms with E-state index in [1.54, 1.807) is 47.5 Å². The van der Waals surface area contributed by atoms with Crippen LogP contribution in [-0.4, -0.2) is 37.1 Å². The van der Waals surface area contributed by atoms with E-state index in [9.17, 15) is 14.0 Å². The molecule has 0 aliphatic heterocycles. The van der Waals surface area contributed by atoms with Crippen LogP contribution in [0.5, 0.6) is 0 Å². The van der Waals surface area contributed by atoms with Crippen LogP contribution in [-0.2, 0) is 6.54 Å². The van der Waals surface area contributed by atoms with Crippen LogP contribution in [0.25, 0.3) is 16.6 Å². The van der Waals surface area contributed by atoms with E-state index in [1.165, 1.54) is 16.8 Å². The molecule has 0 radical (unpaired) electrons. The number of benzene rings is 2. The second-order valence-electron chi connectivity index (χ2n) is 7.03. The molecule has 2 aromatic carbocycles. The van der Waals surface area contributed by atoms with Crippen LogP contribution >= 0.6 is 11.6 Å². The molecule has 0 atom stereocenters. The van der Waals surface area contributed by atoms with Gasteiger partial charge in [-0.25, -0.2) is 14.1 Å². The zero-order chi connectivity index (χ0) is 22.0.